The molecule has 4 aliphatic rings. The molecule has 0 radical (unpaired) electrons. The SMILES string of the molecule is C=C(F)C(=O)N1CCN(c2nc(OCC3(CN4CCCC4)CC3)nc3c2CO[C@H](c2cccc4cccc(Cl)c24)C3)C[C@@H]1CC#N. The normalized spacial score (nSPS) is 22.4. The van der Waals surface area contributed by atoms with E-state index in [-0.39, 0.29) is 31.1 Å². The summed E-state index contributed by atoms with van der Waals surface area (Å²) < 4.78 is 26.8. The Bertz CT molecular complexity index is 1700. The number of likely N-dealkylation sites (tertiary alicyclic amines) is 1. The lowest BCUT2D eigenvalue weighted by molar-refractivity contribution is -0.131. The first-order valence-electron chi connectivity index (χ1n) is 16.1. The quantitative estimate of drug-likeness (QED) is 0.271. The van der Waals surface area contributed by atoms with Crippen molar-refractivity contribution >= 4 is 34.1 Å². The number of benzene rings is 2. The van der Waals surface area contributed by atoms with Gasteiger partial charge in [-0.25, -0.2) is 4.39 Å². The van der Waals surface area contributed by atoms with Crippen LogP contribution in [0.3, 0.4) is 0 Å². The van der Waals surface area contributed by atoms with Crippen molar-refractivity contribution < 1.29 is 18.7 Å². The highest BCUT2D eigenvalue weighted by molar-refractivity contribution is 6.35. The second-order valence-electron chi connectivity index (χ2n) is 13.1. The molecule has 7 rings (SSSR count). The van der Waals surface area contributed by atoms with Gasteiger partial charge in [0.25, 0.3) is 5.91 Å². The van der Waals surface area contributed by atoms with Gasteiger partial charge in [0.05, 0.1) is 43.5 Å². The van der Waals surface area contributed by atoms with Crippen LogP contribution < -0.4 is 9.64 Å². The summed E-state index contributed by atoms with van der Waals surface area (Å²) in [5.41, 5.74) is 2.84. The number of piperazine rings is 1. The predicted octanol–water partition coefficient (Wildman–Crippen LogP) is 5.77. The minimum absolute atomic E-state index is 0.0611. The molecular weight excluding hydrogens is 607 g/mol. The summed E-state index contributed by atoms with van der Waals surface area (Å²) in [6.07, 6.45) is 5.07. The summed E-state index contributed by atoms with van der Waals surface area (Å²) in [5.74, 6) is -1.13. The van der Waals surface area contributed by atoms with E-state index in [1.807, 2.05) is 30.3 Å². The molecular formula is C35H38ClFN6O3. The Morgan fingerprint density at radius 3 is 2.67 bits per heavy atom. The number of nitriles is 1. The van der Waals surface area contributed by atoms with Crippen molar-refractivity contribution in [1.29, 1.82) is 5.26 Å². The number of anilines is 1. The molecule has 0 unspecified atom stereocenters. The van der Waals surface area contributed by atoms with Crippen molar-refractivity contribution in [3.8, 4) is 12.1 Å². The number of rotatable bonds is 9. The Labute approximate surface area is 273 Å². The Morgan fingerprint density at radius 1 is 1.15 bits per heavy atom. The Hall–Kier alpha value is -3.78. The van der Waals surface area contributed by atoms with Gasteiger partial charge in [0.1, 0.15) is 5.82 Å². The Morgan fingerprint density at radius 2 is 1.93 bits per heavy atom. The van der Waals surface area contributed by atoms with Gasteiger partial charge in [0, 0.05) is 54.0 Å². The van der Waals surface area contributed by atoms with E-state index >= 15 is 0 Å². The molecule has 3 aromatic rings. The molecule has 9 nitrogen and oxygen atoms in total. The van der Waals surface area contributed by atoms with Crippen LogP contribution in [-0.4, -0.2) is 77.6 Å². The van der Waals surface area contributed by atoms with Crippen LogP contribution in [0.1, 0.15) is 55.0 Å². The second-order valence-corrected chi connectivity index (χ2v) is 13.5. The van der Waals surface area contributed by atoms with E-state index in [4.69, 9.17) is 31.0 Å². The fourth-order valence-corrected chi connectivity index (χ4v) is 7.55. The van der Waals surface area contributed by atoms with E-state index in [1.165, 1.54) is 17.7 Å². The molecule has 11 heteroatoms. The zero-order valence-electron chi connectivity index (χ0n) is 25.9. The van der Waals surface area contributed by atoms with Gasteiger partial charge in [-0.15, -0.1) is 0 Å². The monoisotopic (exact) mass is 644 g/mol. The minimum Gasteiger partial charge on any atom is -0.463 e. The molecule has 2 saturated heterocycles. The van der Waals surface area contributed by atoms with Crippen LogP contribution in [0, 0.1) is 16.7 Å². The first-order valence-corrected chi connectivity index (χ1v) is 16.5. The first-order chi connectivity index (χ1) is 22.3. The van der Waals surface area contributed by atoms with E-state index in [0.717, 1.165) is 60.1 Å². The van der Waals surface area contributed by atoms with Crippen LogP contribution in [0.25, 0.3) is 10.8 Å². The van der Waals surface area contributed by atoms with Gasteiger partial charge in [0.15, 0.2) is 5.83 Å². The van der Waals surface area contributed by atoms with E-state index in [2.05, 4.69) is 28.5 Å². The van der Waals surface area contributed by atoms with Crippen molar-refractivity contribution in [2.45, 2.75) is 57.3 Å². The maximum atomic E-state index is 13.9. The summed E-state index contributed by atoms with van der Waals surface area (Å²) in [6.45, 7) is 8.31. The highest BCUT2D eigenvalue weighted by atomic mass is 35.5. The van der Waals surface area contributed by atoms with Crippen LogP contribution in [0.5, 0.6) is 6.01 Å². The number of nitrogens with zero attached hydrogens (tertiary/aromatic N) is 6. The van der Waals surface area contributed by atoms with Crippen molar-refractivity contribution in [3.05, 3.63) is 70.6 Å². The van der Waals surface area contributed by atoms with E-state index < -0.39 is 17.8 Å². The maximum Gasteiger partial charge on any atom is 0.318 e. The molecule has 3 fully saturated rings. The van der Waals surface area contributed by atoms with Gasteiger partial charge in [-0.05, 0) is 55.8 Å². The van der Waals surface area contributed by atoms with Crippen molar-refractivity contribution in [1.82, 2.24) is 19.8 Å². The lowest BCUT2D eigenvalue weighted by Gasteiger charge is -2.42. The van der Waals surface area contributed by atoms with Gasteiger partial charge in [-0.3, -0.25) is 4.79 Å². The van der Waals surface area contributed by atoms with E-state index in [9.17, 15) is 14.4 Å². The third-order valence-corrected chi connectivity index (χ3v) is 10.2. The molecule has 240 valence electrons. The molecule has 1 aliphatic carbocycles. The van der Waals surface area contributed by atoms with E-state index in [0.29, 0.717) is 43.0 Å². The molecule has 2 atom stereocenters. The number of ether oxygens (including phenoxy) is 2. The standard InChI is InChI=1S/C35H38ClFN6O3/c1-23(37)33(44)43-17-16-42(19-25(43)10-13-38)32-27-20-45-30(26-8-4-6-24-7-5-9-28(36)31(24)26)18-29(27)39-34(40-32)46-22-35(11-12-35)21-41-14-2-3-15-41/h4-9,25,30H,1-3,10-12,14-22H2/t25-,30-/m0/s1. The number of fused-ring (bicyclic) bond motifs is 2. The van der Waals surface area contributed by atoms with Gasteiger partial charge >= 0.3 is 6.01 Å². The Kier molecular flexibility index (Phi) is 8.57. The van der Waals surface area contributed by atoms with E-state index in [1.54, 1.807) is 0 Å². The first kappa shape index (κ1) is 30.9. The van der Waals surface area contributed by atoms with Crippen molar-refractivity contribution in [2.75, 3.05) is 50.8 Å². The average molecular weight is 645 g/mol. The molecule has 0 bridgehead atoms. The number of carbonyl (C=O) groups is 1. The van der Waals surface area contributed by atoms with Crippen LogP contribution in [0.4, 0.5) is 10.2 Å². The molecule has 0 N–H and O–H groups in total. The summed E-state index contributed by atoms with van der Waals surface area (Å²) in [5, 5.41) is 12.2. The largest absolute Gasteiger partial charge is 0.463 e. The number of aromatic nitrogens is 2. The molecule has 1 aromatic heterocycles. The minimum atomic E-state index is -1.03. The number of halogens is 2. The van der Waals surface area contributed by atoms with Gasteiger partial charge in [0.2, 0.25) is 0 Å². The zero-order chi connectivity index (χ0) is 31.8. The fourth-order valence-electron chi connectivity index (χ4n) is 7.26. The maximum absolute atomic E-state index is 13.9. The van der Waals surface area contributed by atoms with Crippen molar-refractivity contribution in [3.63, 3.8) is 0 Å². The highest BCUT2D eigenvalue weighted by Gasteiger charge is 2.45. The van der Waals surface area contributed by atoms with Crippen LogP contribution in [-0.2, 0) is 22.6 Å². The summed E-state index contributed by atoms with van der Waals surface area (Å²) in [6, 6.07) is 14.0. The number of hydrogen-bond acceptors (Lipinski definition) is 8. The zero-order valence-corrected chi connectivity index (χ0v) is 26.6. The molecule has 2 aromatic carbocycles. The third-order valence-electron chi connectivity index (χ3n) is 9.92. The summed E-state index contributed by atoms with van der Waals surface area (Å²) in [4.78, 5) is 28.4. The topological polar surface area (TPSA) is 94.8 Å². The molecule has 3 aliphatic heterocycles. The van der Waals surface area contributed by atoms with Crippen LogP contribution in [0.15, 0.2) is 48.8 Å². The molecule has 46 heavy (non-hydrogen) atoms. The van der Waals surface area contributed by atoms with Crippen molar-refractivity contribution in [2.24, 2.45) is 5.41 Å². The fraction of sp³-hybridized carbons (Fsp3) is 0.486. The Balaban J connectivity index is 1.20. The lowest BCUT2D eigenvalue weighted by atomic mass is 9.94. The average Bonchev–Trinajstić information content (AvgIpc) is 3.64. The predicted molar refractivity (Wildman–Crippen MR) is 173 cm³/mol. The van der Waals surface area contributed by atoms with Gasteiger partial charge in [-0.1, -0.05) is 48.5 Å². The second kappa shape index (κ2) is 12.8. The number of amides is 1. The molecule has 1 saturated carbocycles. The van der Waals surface area contributed by atoms with Gasteiger partial charge in [-0.2, -0.15) is 15.2 Å². The summed E-state index contributed by atoms with van der Waals surface area (Å²) in [7, 11) is 0. The number of carbonyl (C=O) groups excluding carboxylic acids is 1. The van der Waals surface area contributed by atoms with Crippen LogP contribution >= 0.6 is 11.6 Å². The lowest BCUT2D eigenvalue weighted by Crippen LogP contribution is -2.55. The number of hydrogen-bond donors (Lipinski definition) is 0. The molecule has 0 spiro atoms. The highest BCUT2D eigenvalue weighted by Crippen LogP contribution is 2.47. The van der Waals surface area contributed by atoms with Crippen LogP contribution in [0.2, 0.25) is 5.02 Å². The summed E-state index contributed by atoms with van der Waals surface area (Å²) >= 11 is 6.69. The van der Waals surface area contributed by atoms with Gasteiger partial charge < -0.3 is 24.2 Å². The third kappa shape index (κ3) is 6.16. The molecule has 4 heterocycles. The molecule has 1 amide bonds. The smallest absolute Gasteiger partial charge is 0.318 e.